The van der Waals surface area contributed by atoms with Gasteiger partial charge in [0.15, 0.2) is 0 Å². The minimum atomic E-state index is -0.635. The molecule has 1 aromatic heterocycles. The van der Waals surface area contributed by atoms with E-state index in [4.69, 9.17) is 4.74 Å². The number of hydrogen-bond donors (Lipinski definition) is 1. The second-order valence-corrected chi connectivity index (χ2v) is 7.05. The van der Waals surface area contributed by atoms with Gasteiger partial charge < -0.3 is 9.84 Å². The molecule has 1 aliphatic heterocycles. The Balaban J connectivity index is 2.06. The number of nitrogens with zero attached hydrogens (tertiary/aromatic N) is 1. The standard InChI is InChI=1S/C14H23NO2S/c1-9(2)12-7-14(16,5-6-17-12)8-13-15-10(3)11(4)18-13/h9,12,16H,5-8H2,1-4H3. The van der Waals surface area contributed by atoms with Crippen LogP contribution in [0, 0.1) is 19.8 Å². The maximum atomic E-state index is 10.7. The van der Waals surface area contributed by atoms with Crippen molar-refractivity contribution in [2.24, 2.45) is 5.92 Å². The molecule has 2 rings (SSSR count). The van der Waals surface area contributed by atoms with Gasteiger partial charge in [-0.15, -0.1) is 11.3 Å². The smallest absolute Gasteiger partial charge is 0.0959 e. The van der Waals surface area contributed by atoms with Crippen molar-refractivity contribution >= 4 is 11.3 Å². The second-order valence-electron chi connectivity index (χ2n) is 5.76. The van der Waals surface area contributed by atoms with Crippen molar-refractivity contribution in [2.75, 3.05) is 6.61 Å². The van der Waals surface area contributed by atoms with Crippen LogP contribution in [0.3, 0.4) is 0 Å². The first-order valence-electron chi connectivity index (χ1n) is 6.66. The van der Waals surface area contributed by atoms with Gasteiger partial charge in [0.05, 0.1) is 22.4 Å². The molecule has 102 valence electrons. The highest BCUT2D eigenvalue weighted by Crippen LogP contribution is 2.32. The van der Waals surface area contributed by atoms with Gasteiger partial charge in [-0.2, -0.15) is 0 Å². The van der Waals surface area contributed by atoms with Gasteiger partial charge in [0.2, 0.25) is 0 Å². The van der Waals surface area contributed by atoms with E-state index in [1.54, 1.807) is 11.3 Å². The highest BCUT2D eigenvalue weighted by molar-refractivity contribution is 7.11. The third kappa shape index (κ3) is 3.11. The van der Waals surface area contributed by atoms with Gasteiger partial charge in [-0.05, 0) is 19.8 Å². The summed E-state index contributed by atoms with van der Waals surface area (Å²) in [5.41, 5.74) is 0.454. The van der Waals surface area contributed by atoms with Crippen molar-refractivity contribution in [3.63, 3.8) is 0 Å². The first kappa shape index (κ1) is 14.0. The summed E-state index contributed by atoms with van der Waals surface area (Å²) in [6, 6.07) is 0. The van der Waals surface area contributed by atoms with Gasteiger partial charge in [0, 0.05) is 30.7 Å². The number of thiazole rings is 1. The van der Waals surface area contributed by atoms with Crippen molar-refractivity contribution < 1.29 is 9.84 Å². The molecule has 2 heterocycles. The third-order valence-corrected chi connectivity index (χ3v) is 4.85. The van der Waals surface area contributed by atoms with Gasteiger partial charge in [0.25, 0.3) is 0 Å². The number of aromatic nitrogens is 1. The van der Waals surface area contributed by atoms with Crippen LogP contribution in [-0.4, -0.2) is 28.4 Å². The zero-order valence-corrected chi connectivity index (χ0v) is 12.5. The van der Waals surface area contributed by atoms with E-state index in [-0.39, 0.29) is 6.10 Å². The Labute approximate surface area is 113 Å². The van der Waals surface area contributed by atoms with Gasteiger partial charge >= 0.3 is 0 Å². The zero-order chi connectivity index (χ0) is 13.3. The van der Waals surface area contributed by atoms with Crippen LogP contribution >= 0.6 is 11.3 Å². The molecule has 0 amide bonds. The van der Waals surface area contributed by atoms with Crippen LogP contribution in [-0.2, 0) is 11.2 Å². The van der Waals surface area contributed by atoms with E-state index in [0.29, 0.717) is 25.4 Å². The Bertz CT molecular complexity index is 396. The summed E-state index contributed by atoms with van der Waals surface area (Å²) in [4.78, 5) is 5.79. The van der Waals surface area contributed by atoms with Crippen LogP contribution in [0.15, 0.2) is 0 Å². The quantitative estimate of drug-likeness (QED) is 0.917. The highest BCUT2D eigenvalue weighted by atomic mass is 32.1. The van der Waals surface area contributed by atoms with Gasteiger partial charge in [-0.1, -0.05) is 13.8 Å². The molecule has 0 aliphatic carbocycles. The summed E-state index contributed by atoms with van der Waals surface area (Å²) in [7, 11) is 0. The zero-order valence-electron chi connectivity index (χ0n) is 11.7. The topological polar surface area (TPSA) is 42.4 Å². The summed E-state index contributed by atoms with van der Waals surface area (Å²) in [5, 5.41) is 11.8. The van der Waals surface area contributed by atoms with E-state index in [1.165, 1.54) is 4.88 Å². The molecule has 0 spiro atoms. The monoisotopic (exact) mass is 269 g/mol. The number of rotatable bonds is 3. The van der Waals surface area contributed by atoms with Crippen molar-refractivity contribution in [2.45, 2.75) is 58.7 Å². The van der Waals surface area contributed by atoms with Crippen molar-refractivity contribution in [1.29, 1.82) is 0 Å². The lowest BCUT2D eigenvalue weighted by atomic mass is 9.84. The first-order valence-corrected chi connectivity index (χ1v) is 7.48. The molecule has 1 saturated heterocycles. The SMILES string of the molecule is Cc1nc(CC2(O)CCOC(C(C)C)C2)sc1C. The number of aliphatic hydroxyl groups is 1. The number of hydrogen-bond acceptors (Lipinski definition) is 4. The van der Waals surface area contributed by atoms with Crippen LogP contribution in [0.2, 0.25) is 0 Å². The predicted molar refractivity (Wildman–Crippen MR) is 74.1 cm³/mol. The summed E-state index contributed by atoms with van der Waals surface area (Å²) in [5.74, 6) is 0.455. The van der Waals surface area contributed by atoms with Crippen LogP contribution in [0.1, 0.15) is 42.3 Å². The molecule has 1 fully saturated rings. The largest absolute Gasteiger partial charge is 0.389 e. The molecule has 0 aromatic carbocycles. The Morgan fingerprint density at radius 3 is 2.78 bits per heavy atom. The Morgan fingerprint density at radius 2 is 2.22 bits per heavy atom. The van der Waals surface area contributed by atoms with Crippen molar-refractivity contribution in [1.82, 2.24) is 4.98 Å². The molecule has 1 aliphatic rings. The maximum absolute atomic E-state index is 10.7. The predicted octanol–water partition coefficient (Wildman–Crippen LogP) is 2.87. The van der Waals surface area contributed by atoms with Gasteiger partial charge in [-0.3, -0.25) is 0 Å². The van der Waals surface area contributed by atoms with Crippen molar-refractivity contribution in [3.8, 4) is 0 Å². The molecule has 0 saturated carbocycles. The maximum Gasteiger partial charge on any atom is 0.0959 e. The number of aryl methyl sites for hydroxylation is 2. The summed E-state index contributed by atoms with van der Waals surface area (Å²) in [6.07, 6.45) is 2.28. The Kier molecular flexibility index (Phi) is 4.09. The Morgan fingerprint density at radius 1 is 1.50 bits per heavy atom. The highest BCUT2D eigenvalue weighted by Gasteiger charge is 2.37. The van der Waals surface area contributed by atoms with Crippen LogP contribution < -0.4 is 0 Å². The van der Waals surface area contributed by atoms with Crippen LogP contribution in [0.4, 0.5) is 0 Å². The molecular formula is C14H23NO2S. The molecule has 2 atom stereocenters. The lowest BCUT2D eigenvalue weighted by Crippen LogP contribution is -2.44. The van der Waals surface area contributed by atoms with Crippen molar-refractivity contribution in [3.05, 3.63) is 15.6 Å². The molecule has 1 N–H and O–H groups in total. The minimum Gasteiger partial charge on any atom is -0.389 e. The summed E-state index contributed by atoms with van der Waals surface area (Å²) < 4.78 is 5.72. The lowest BCUT2D eigenvalue weighted by Gasteiger charge is -2.38. The average Bonchev–Trinajstić information content (AvgIpc) is 2.56. The minimum absolute atomic E-state index is 0.172. The van der Waals surface area contributed by atoms with Crippen LogP contribution in [0.25, 0.3) is 0 Å². The molecule has 0 radical (unpaired) electrons. The molecule has 1 aromatic rings. The fourth-order valence-electron chi connectivity index (χ4n) is 2.42. The van der Waals surface area contributed by atoms with E-state index < -0.39 is 5.60 Å². The average molecular weight is 269 g/mol. The lowest BCUT2D eigenvalue weighted by molar-refractivity contribution is -0.116. The molecule has 0 bridgehead atoms. The van der Waals surface area contributed by atoms with E-state index >= 15 is 0 Å². The molecule has 18 heavy (non-hydrogen) atoms. The van der Waals surface area contributed by atoms with Gasteiger partial charge in [-0.25, -0.2) is 4.98 Å². The third-order valence-electron chi connectivity index (χ3n) is 3.78. The normalized spacial score (nSPS) is 28.9. The van der Waals surface area contributed by atoms with E-state index in [9.17, 15) is 5.11 Å². The van der Waals surface area contributed by atoms with E-state index in [2.05, 4.69) is 25.8 Å². The van der Waals surface area contributed by atoms with Gasteiger partial charge in [0.1, 0.15) is 0 Å². The molecule has 4 heteroatoms. The molecule has 3 nitrogen and oxygen atoms in total. The molecular weight excluding hydrogens is 246 g/mol. The van der Waals surface area contributed by atoms with Crippen LogP contribution in [0.5, 0.6) is 0 Å². The van der Waals surface area contributed by atoms with E-state index in [1.807, 2.05) is 6.92 Å². The Hall–Kier alpha value is -0.450. The van der Waals surface area contributed by atoms with E-state index in [0.717, 1.165) is 17.1 Å². The second kappa shape index (κ2) is 5.27. The molecule has 2 unspecified atom stereocenters. The summed E-state index contributed by atoms with van der Waals surface area (Å²) in [6.45, 7) is 9.06. The number of ether oxygens (including phenoxy) is 1. The summed E-state index contributed by atoms with van der Waals surface area (Å²) >= 11 is 1.70. The fraction of sp³-hybridized carbons (Fsp3) is 0.786. The first-order chi connectivity index (χ1) is 8.39. The fourth-order valence-corrected chi connectivity index (χ4v) is 3.49.